The van der Waals surface area contributed by atoms with Gasteiger partial charge in [-0.25, -0.2) is 4.39 Å². The average molecular weight is 450 g/mol. The maximum Gasteiger partial charge on any atom is 0.123 e. The molecular weight excluding hydrogens is 413 g/mol. The van der Waals surface area contributed by atoms with E-state index in [0.717, 1.165) is 44.2 Å². The van der Waals surface area contributed by atoms with E-state index < -0.39 is 6.10 Å². The van der Waals surface area contributed by atoms with E-state index in [9.17, 15) is 9.50 Å². The minimum atomic E-state index is -0.535. The highest BCUT2D eigenvalue weighted by atomic mass is 19.1. The van der Waals surface area contributed by atoms with Gasteiger partial charge >= 0.3 is 0 Å². The fraction of sp³-hybridized carbons (Fsp3) is 0.571. The lowest BCUT2D eigenvalue weighted by atomic mass is 9.86. The van der Waals surface area contributed by atoms with Crippen molar-refractivity contribution >= 4 is 11.4 Å². The third-order valence-corrected chi connectivity index (χ3v) is 8.79. The van der Waals surface area contributed by atoms with E-state index in [4.69, 9.17) is 0 Å². The first kappa shape index (κ1) is 21.4. The maximum absolute atomic E-state index is 13.2. The fourth-order valence-electron chi connectivity index (χ4n) is 7.04. The van der Waals surface area contributed by atoms with E-state index in [0.29, 0.717) is 18.4 Å². The lowest BCUT2D eigenvalue weighted by Gasteiger charge is -2.42. The van der Waals surface area contributed by atoms with Gasteiger partial charge in [-0.05, 0) is 60.4 Å². The van der Waals surface area contributed by atoms with E-state index in [1.165, 1.54) is 55.6 Å². The van der Waals surface area contributed by atoms with Crippen LogP contribution in [0.1, 0.15) is 73.2 Å². The van der Waals surface area contributed by atoms with Crippen LogP contribution in [0.5, 0.6) is 0 Å². The van der Waals surface area contributed by atoms with Crippen LogP contribution in [0.2, 0.25) is 0 Å². The number of rotatable bonds is 5. The largest absolute Gasteiger partial charge is 0.388 e. The van der Waals surface area contributed by atoms with Crippen molar-refractivity contribution in [3.63, 3.8) is 0 Å². The maximum atomic E-state index is 13.2. The van der Waals surface area contributed by atoms with Gasteiger partial charge in [0.2, 0.25) is 0 Å². The number of anilines is 2. The predicted molar refractivity (Wildman–Crippen MR) is 132 cm³/mol. The van der Waals surface area contributed by atoms with E-state index in [1.54, 1.807) is 23.3 Å². The summed E-state index contributed by atoms with van der Waals surface area (Å²) in [6.45, 7) is 5.28. The second kappa shape index (κ2) is 8.59. The van der Waals surface area contributed by atoms with Gasteiger partial charge in [0.25, 0.3) is 0 Å². The first-order valence-corrected chi connectivity index (χ1v) is 12.9. The zero-order valence-corrected chi connectivity index (χ0v) is 19.7. The molecule has 3 atom stereocenters. The van der Waals surface area contributed by atoms with Crippen LogP contribution in [0.4, 0.5) is 15.8 Å². The lowest BCUT2D eigenvalue weighted by Crippen LogP contribution is -2.49. The Morgan fingerprint density at radius 3 is 2.48 bits per heavy atom. The SMILES string of the molecule is CN1CCN2c3c(ccc(C4CCCC4)c31)[C@@H]1CN(CCC(O)c3ccc(F)cc3)CC[C@@H]12. The summed E-state index contributed by atoms with van der Waals surface area (Å²) in [5.74, 6) is 1.04. The molecule has 0 bridgehead atoms. The van der Waals surface area contributed by atoms with Crippen molar-refractivity contribution in [2.24, 2.45) is 0 Å². The molecule has 176 valence electrons. The van der Waals surface area contributed by atoms with Crippen LogP contribution in [-0.4, -0.2) is 55.8 Å². The van der Waals surface area contributed by atoms with Crippen molar-refractivity contribution in [2.75, 3.05) is 49.6 Å². The van der Waals surface area contributed by atoms with Crippen LogP contribution < -0.4 is 9.80 Å². The number of likely N-dealkylation sites (tertiary alicyclic amines) is 1. The van der Waals surface area contributed by atoms with Crippen LogP contribution >= 0.6 is 0 Å². The number of benzene rings is 2. The highest BCUT2D eigenvalue weighted by Gasteiger charge is 2.45. The summed E-state index contributed by atoms with van der Waals surface area (Å²) in [6, 6.07) is 11.8. The number of nitrogens with zero attached hydrogens (tertiary/aromatic N) is 3. The molecule has 1 aliphatic carbocycles. The Hall–Kier alpha value is -2.11. The first-order chi connectivity index (χ1) is 16.1. The van der Waals surface area contributed by atoms with Crippen LogP contribution in [0.25, 0.3) is 0 Å². The summed E-state index contributed by atoms with van der Waals surface area (Å²) in [5, 5.41) is 10.6. The minimum absolute atomic E-state index is 0.254. The summed E-state index contributed by atoms with van der Waals surface area (Å²) in [7, 11) is 2.29. The molecule has 2 aromatic rings. The Bertz CT molecular complexity index is 1000. The van der Waals surface area contributed by atoms with Crippen molar-refractivity contribution in [3.8, 4) is 0 Å². The van der Waals surface area contributed by atoms with Crippen molar-refractivity contribution in [1.29, 1.82) is 0 Å². The molecule has 2 aromatic carbocycles. The molecule has 1 unspecified atom stereocenters. The van der Waals surface area contributed by atoms with Gasteiger partial charge in [-0.1, -0.05) is 37.1 Å². The number of likely N-dealkylation sites (N-methyl/N-ethyl adjacent to an activating group) is 1. The number of fused-ring (bicyclic) bond motifs is 3. The Morgan fingerprint density at radius 2 is 1.70 bits per heavy atom. The molecule has 1 saturated carbocycles. The zero-order valence-electron chi connectivity index (χ0n) is 19.7. The second-order valence-electron chi connectivity index (χ2n) is 10.7. The standard InChI is InChI=1S/C28H36FN3O/c1-30-16-17-32-25-12-14-31(15-13-26(33)20-6-8-21(29)9-7-20)18-24(25)23-11-10-22(27(30)28(23)32)19-4-2-3-5-19/h6-11,19,24-26,33H,2-5,12-18H2,1H3/t24-,25-,26?/m0/s1. The van der Waals surface area contributed by atoms with Gasteiger partial charge in [0.05, 0.1) is 17.5 Å². The average Bonchev–Trinajstić information content (AvgIpc) is 3.47. The van der Waals surface area contributed by atoms with Gasteiger partial charge < -0.3 is 19.8 Å². The summed E-state index contributed by atoms with van der Waals surface area (Å²) in [5.41, 5.74) is 7.01. The van der Waals surface area contributed by atoms with Gasteiger partial charge in [-0.15, -0.1) is 0 Å². The number of aliphatic hydroxyl groups is 1. The minimum Gasteiger partial charge on any atom is -0.388 e. The molecule has 33 heavy (non-hydrogen) atoms. The molecule has 0 aromatic heterocycles. The Kier molecular flexibility index (Phi) is 5.58. The zero-order chi connectivity index (χ0) is 22.5. The van der Waals surface area contributed by atoms with Gasteiger partial charge in [0, 0.05) is 51.7 Å². The summed E-state index contributed by atoms with van der Waals surface area (Å²) < 4.78 is 13.2. The lowest BCUT2D eigenvalue weighted by molar-refractivity contribution is 0.125. The number of hydrogen-bond acceptors (Lipinski definition) is 4. The summed E-state index contributed by atoms with van der Waals surface area (Å²) >= 11 is 0. The monoisotopic (exact) mass is 449 g/mol. The Balaban J connectivity index is 1.21. The van der Waals surface area contributed by atoms with E-state index >= 15 is 0 Å². The van der Waals surface area contributed by atoms with Gasteiger partial charge in [0.15, 0.2) is 0 Å². The molecule has 1 N–H and O–H groups in total. The third kappa shape index (κ3) is 3.74. The van der Waals surface area contributed by atoms with E-state index in [-0.39, 0.29) is 5.82 Å². The molecule has 4 nitrogen and oxygen atoms in total. The van der Waals surface area contributed by atoms with Crippen LogP contribution in [-0.2, 0) is 0 Å². The highest BCUT2D eigenvalue weighted by Crippen LogP contribution is 2.54. The molecular formula is C28H36FN3O. The van der Waals surface area contributed by atoms with E-state index in [1.807, 2.05) is 0 Å². The quantitative estimate of drug-likeness (QED) is 0.693. The number of piperidine rings is 1. The van der Waals surface area contributed by atoms with E-state index in [2.05, 4.69) is 33.9 Å². The van der Waals surface area contributed by atoms with Gasteiger partial charge in [-0.3, -0.25) is 0 Å². The van der Waals surface area contributed by atoms with Crippen LogP contribution in [0.3, 0.4) is 0 Å². The van der Waals surface area contributed by atoms with Crippen LogP contribution in [0.15, 0.2) is 36.4 Å². The van der Waals surface area contributed by atoms with Crippen molar-refractivity contribution < 1.29 is 9.50 Å². The molecule has 2 fully saturated rings. The van der Waals surface area contributed by atoms with Crippen molar-refractivity contribution in [3.05, 3.63) is 58.9 Å². The highest BCUT2D eigenvalue weighted by molar-refractivity contribution is 5.84. The molecule has 0 amide bonds. The van der Waals surface area contributed by atoms with Gasteiger partial charge in [-0.2, -0.15) is 0 Å². The topological polar surface area (TPSA) is 30.0 Å². The number of halogens is 1. The molecule has 6 rings (SSSR count). The Morgan fingerprint density at radius 1 is 0.939 bits per heavy atom. The number of aliphatic hydroxyl groups excluding tert-OH is 1. The summed E-state index contributed by atoms with van der Waals surface area (Å²) in [4.78, 5) is 7.81. The molecule has 5 heteroatoms. The van der Waals surface area contributed by atoms with Gasteiger partial charge in [0.1, 0.15) is 5.82 Å². The second-order valence-corrected chi connectivity index (χ2v) is 10.7. The smallest absolute Gasteiger partial charge is 0.123 e. The Labute approximate surface area is 197 Å². The number of hydrogen-bond donors (Lipinski definition) is 1. The normalized spacial score (nSPS) is 25.9. The van der Waals surface area contributed by atoms with Crippen molar-refractivity contribution in [1.82, 2.24) is 4.90 Å². The molecule has 0 spiro atoms. The van der Waals surface area contributed by atoms with Crippen molar-refractivity contribution in [2.45, 2.75) is 62.5 Å². The fourth-order valence-corrected chi connectivity index (χ4v) is 7.04. The molecule has 0 radical (unpaired) electrons. The van der Waals surface area contributed by atoms with Crippen LogP contribution in [0, 0.1) is 5.82 Å². The molecule has 4 aliphatic rings. The molecule has 3 heterocycles. The first-order valence-electron chi connectivity index (χ1n) is 12.9. The molecule has 1 saturated heterocycles. The summed E-state index contributed by atoms with van der Waals surface area (Å²) in [6.07, 6.45) is 6.78. The third-order valence-electron chi connectivity index (χ3n) is 8.79. The molecule has 3 aliphatic heterocycles. The predicted octanol–water partition coefficient (Wildman–Crippen LogP) is 5.03.